The predicted molar refractivity (Wildman–Crippen MR) is 108 cm³/mol. The molecule has 1 aliphatic rings. The third-order valence-corrected chi connectivity index (χ3v) is 5.12. The number of H-pyrrole nitrogens is 1. The Labute approximate surface area is 158 Å². The first kappa shape index (κ1) is 17.7. The lowest BCUT2D eigenvalue weighted by molar-refractivity contribution is 0.242. The van der Waals surface area contributed by atoms with Crippen LogP contribution in [0, 0.1) is 5.92 Å². The van der Waals surface area contributed by atoms with Crippen molar-refractivity contribution in [3.05, 3.63) is 46.9 Å². The minimum Gasteiger partial charge on any atom is -0.340 e. The fourth-order valence-electron chi connectivity index (χ4n) is 3.44. The summed E-state index contributed by atoms with van der Waals surface area (Å²) in [6.07, 6.45) is 2.80. The van der Waals surface area contributed by atoms with Crippen molar-refractivity contribution < 1.29 is 0 Å². The normalized spacial score (nSPS) is 15.7. The number of aromatic nitrogens is 4. The van der Waals surface area contributed by atoms with Crippen molar-refractivity contribution in [2.75, 3.05) is 37.6 Å². The zero-order valence-electron chi connectivity index (χ0n) is 15.9. The minimum absolute atomic E-state index is 0.139. The molecule has 0 unspecified atom stereocenters. The molecule has 1 aromatic carbocycles. The second kappa shape index (κ2) is 7.52. The first-order valence-electron chi connectivity index (χ1n) is 9.62. The number of fused-ring (bicyclic) bond motifs is 1. The van der Waals surface area contributed by atoms with Crippen LogP contribution in [0.2, 0.25) is 0 Å². The van der Waals surface area contributed by atoms with Crippen LogP contribution < -0.4 is 10.5 Å². The summed E-state index contributed by atoms with van der Waals surface area (Å²) in [7, 11) is 0. The van der Waals surface area contributed by atoms with Gasteiger partial charge in [-0.2, -0.15) is 10.1 Å². The third-order valence-electron chi connectivity index (χ3n) is 5.12. The van der Waals surface area contributed by atoms with Crippen molar-refractivity contribution >= 4 is 17.0 Å². The molecular weight excluding hydrogens is 340 g/mol. The lowest BCUT2D eigenvalue weighted by Gasteiger charge is -2.35. The van der Waals surface area contributed by atoms with E-state index >= 15 is 0 Å². The molecule has 1 aliphatic heterocycles. The molecule has 0 radical (unpaired) electrons. The molecule has 1 N–H and O–H groups in total. The number of hydrogen-bond acceptors (Lipinski definition) is 5. The molecule has 142 valence electrons. The van der Waals surface area contributed by atoms with Gasteiger partial charge in [-0.05, 0) is 31.0 Å². The van der Waals surface area contributed by atoms with Crippen LogP contribution in [0.3, 0.4) is 0 Å². The van der Waals surface area contributed by atoms with E-state index in [0.29, 0.717) is 17.0 Å². The van der Waals surface area contributed by atoms with E-state index in [0.717, 1.165) is 44.3 Å². The van der Waals surface area contributed by atoms with Gasteiger partial charge in [-0.3, -0.25) is 14.7 Å². The van der Waals surface area contributed by atoms with Crippen LogP contribution in [0.5, 0.6) is 0 Å². The van der Waals surface area contributed by atoms with Crippen LogP contribution in [-0.2, 0) is 0 Å². The summed E-state index contributed by atoms with van der Waals surface area (Å²) >= 11 is 0. The van der Waals surface area contributed by atoms with Crippen molar-refractivity contribution in [2.45, 2.75) is 20.3 Å². The molecule has 1 fully saturated rings. The van der Waals surface area contributed by atoms with Gasteiger partial charge in [0.15, 0.2) is 5.65 Å². The van der Waals surface area contributed by atoms with Gasteiger partial charge < -0.3 is 4.90 Å². The molecule has 0 atom stereocenters. The van der Waals surface area contributed by atoms with Crippen molar-refractivity contribution in [1.29, 1.82) is 0 Å². The molecule has 0 bridgehead atoms. The largest absolute Gasteiger partial charge is 0.340 e. The van der Waals surface area contributed by atoms with Gasteiger partial charge in [0.05, 0.1) is 11.9 Å². The first-order valence-corrected chi connectivity index (χ1v) is 9.62. The zero-order chi connectivity index (χ0) is 18.8. The summed E-state index contributed by atoms with van der Waals surface area (Å²) in [6, 6.07) is 9.78. The second-order valence-corrected chi connectivity index (χ2v) is 7.53. The minimum atomic E-state index is -0.139. The van der Waals surface area contributed by atoms with Gasteiger partial charge in [-0.15, -0.1) is 0 Å². The maximum Gasteiger partial charge on any atom is 0.263 e. The Bertz CT molecular complexity index is 954. The number of rotatable bonds is 5. The average molecular weight is 366 g/mol. The number of aromatic amines is 1. The van der Waals surface area contributed by atoms with E-state index in [9.17, 15) is 4.79 Å². The molecule has 0 amide bonds. The van der Waals surface area contributed by atoms with Crippen molar-refractivity contribution in [2.24, 2.45) is 5.92 Å². The summed E-state index contributed by atoms with van der Waals surface area (Å²) in [6.45, 7) is 9.37. The molecule has 3 heterocycles. The zero-order valence-corrected chi connectivity index (χ0v) is 15.9. The number of benzene rings is 1. The van der Waals surface area contributed by atoms with Crippen LogP contribution >= 0.6 is 0 Å². The molecule has 27 heavy (non-hydrogen) atoms. The number of nitrogens with zero attached hydrogens (tertiary/aromatic N) is 5. The standard InChI is InChI=1S/C20H26N6O/c1-15(2)8-9-24-10-12-25(13-11-24)20-22-18-17(19(27)23-20)14-21-26(18)16-6-4-3-5-7-16/h3-7,14-15H,8-13H2,1-2H3,(H,22,23,27). The Morgan fingerprint density at radius 3 is 2.56 bits per heavy atom. The molecule has 0 aliphatic carbocycles. The molecule has 0 saturated carbocycles. The average Bonchev–Trinajstić information content (AvgIpc) is 3.12. The summed E-state index contributed by atoms with van der Waals surface area (Å²) in [5, 5.41) is 4.89. The molecule has 0 spiro atoms. The van der Waals surface area contributed by atoms with Crippen LogP contribution in [0.4, 0.5) is 5.95 Å². The monoisotopic (exact) mass is 366 g/mol. The van der Waals surface area contributed by atoms with Crippen LogP contribution in [-0.4, -0.2) is 57.4 Å². The van der Waals surface area contributed by atoms with Gasteiger partial charge in [0.25, 0.3) is 5.56 Å². The quantitative estimate of drug-likeness (QED) is 0.750. The number of piperazine rings is 1. The first-order chi connectivity index (χ1) is 13.1. The third kappa shape index (κ3) is 3.73. The highest BCUT2D eigenvalue weighted by molar-refractivity contribution is 5.76. The van der Waals surface area contributed by atoms with E-state index in [-0.39, 0.29) is 5.56 Å². The van der Waals surface area contributed by atoms with E-state index in [4.69, 9.17) is 4.98 Å². The number of hydrogen-bond donors (Lipinski definition) is 1. The molecular formula is C20H26N6O. The highest BCUT2D eigenvalue weighted by Crippen LogP contribution is 2.17. The van der Waals surface area contributed by atoms with Crippen molar-refractivity contribution in [3.8, 4) is 5.69 Å². The summed E-state index contributed by atoms with van der Waals surface area (Å²) in [5.41, 5.74) is 1.36. The lowest BCUT2D eigenvalue weighted by atomic mass is 10.1. The van der Waals surface area contributed by atoms with Gasteiger partial charge in [0, 0.05) is 26.2 Å². The summed E-state index contributed by atoms with van der Waals surface area (Å²) in [5.74, 6) is 1.36. The van der Waals surface area contributed by atoms with E-state index in [1.54, 1.807) is 10.9 Å². The van der Waals surface area contributed by atoms with Gasteiger partial charge in [-0.25, -0.2) is 4.68 Å². The molecule has 7 nitrogen and oxygen atoms in total. The van der Waals surface area contributed by atoms with Crippen LogP contribution in [0.15, 0.2) is 41.3 Å². The lowest BCUT2D eigenvalue weighted by Crippen LogP contribution is -2.47. The number of para-hydroxylation sites is 1. The fraction of sp³-hybridized carbons (Fsp3) is 0.450. The topological polar surface area (TPSA) is 70.1 Å². The number of anilines is 1. The highest BCUT2D eigenvalue weighted by atomic mass is 16.1. The highest BCUT2D eigenvalue weighted by Gasteiger charge is 2.20. The molecule has 3 aromatic rings. The fourth-order valence-corrected chi connectivity index (χ4v) is 3.44. The van der Waals surface area contributed by atoms with E-state index in [1.807, 2.05) is 30.3 Å². The number of nitrogens with one attached hydrogen (secondary N) is 1. The molecule has 1 saturated heterocycles. The Morgan fingerprint density at radius 1 is 1.11 bits per heavy atom. The second-order valence-electron chi connectivity index (χ2n) is 7.53. The predicted octanol–water partition coefficient (Wildman–Crippen LogP) is 2.28. The molecule has 4 rings (SSSR count). The summed E-state index contributed by atoms with van der Waals surface area (Å²) < 4.78 is 1.73. The van der Waals surface area contributed by atoms with E-state index in [2.05, 4.69) is 33.7 Å². The van der Waals surface area contributed by atoms with Crippen LogP contribution in [0.25, 0.3) is 16.7 Å². The maximum absolute atomic E-state index is 12.5. The van der Waals surface area contributed by atoms with Crippen LogP contribution in [0.1, 0.15) is 20.3 Å². The molecule has 7 heteroatoms. The Kier molecular flexibility index (Phi) is 4.94. The smallest absolute Gasteiger partial charge is 0.263 e. The maximum atomic E-state index is 12.5. The Morgan fingerprint density at radius 2 is 1.85 bits per heavy atom. The van der Waals surface area contributed by atoms with Gasteiger partial charge >= 0.3 is 0 Å². The molecule has 2 aromatic heterocycles. The van der Waals surface area contributed by atoms with Gasteiger partial charge in [0.1, 0.15) is 5.39 Å². The van der Waals surface area contributed by atoms with E-state index in [1.165, 1.54) is 6.42 Å². The van der Waals surface area contributed by atoms with Crippen molar-refractivity contribution in [3.63, 3.8) is 0 Å². The Balaban J connectivity index is 1.58. The SMILES string of the molecule is CC(C)CCN1CCN(c2nc3c(cnn3-c3ccccc3)c(=O)[nH]2)CC1. The Hall–Kier alpha value is -2.67. The van der Waals surface area contributed by atoms with Crippen molar-refractivity contribution in [1.82, 2.24) is 24.6 Å². The summed E-state index contributed by atoms with van der Waals surface area (Å²) in [4.78, 5) is 24.9. The van der Waals surface area contributed by atoms with Gasteiger partial charge in [0.2, 0.25) is 5.95 Å². The van der Waals surface area contributed by atoms with Gasteiger partial charge in [-0.1, -0.05) is 32.0 Å². The van der Waals surface area contributed by atoms with E-state index < -0.39 is 0 Å².